The number of rotatable bonds is 3. The number of hydrogen-bond donors (Lipinski definition) is 1. The first kappa shape index (κ1) is 15.6. The fraction of sp³-hybridized carbons (Fsp3) is 0.579. The summed E-state index contributed by atoms with van der Waals surface area (Å²) in [6.45, 7) is 6.06. The molecule has 3 aliphatic rings. The second kappa shape index (κ2) is 5.59. The number of likely N-dealkylation sites (tertiary alicyclic amines) is 1. The van der Waals surface area contributed by atoms with E-state index in [1.807, 2.05) is 13.8 Å². The van der Waals surface area contributed by atoms with E-state index in [1.54, 1.807) is 0 Å². The van der Waals surface area contributed by atoms with Gasteiger partial charge in [-0.3, -0.25) is 14.6 Å². The van der Waals surface area contributed by atoms with Gasteiger partial charge in [-0.05, 0) is 56.2 Å². The van der Waals surface area contributed by atoms with E-state index < -0.39 is 5.54 Å². The number of fused-ring (bicyclic) bond motifs is 1. The standard InChI is InChI=1S/C19H25N3O2/c1-13(2)22-17(23)19(20-18(22)24)8-9-21(12-19)11-14-6-7-15-4-3-5-16(15)10-14/h6-7,10,13H,3-5,8-9,11-12H2,1-2H3,(H,20,24). The Bertz CT molecular complexity index is 700. The van der Waals surface area contributed by atoms with Crippen LogP contribution in [0.3, 0.4) is 0 Å². The van der Waals surface area contributed by atoms with Crippen LogP contribution in [-0.2, 0) is 24.2 Å². The Morgan fingerprint density at radius 1 is 1.21 bits per heavy atom. The van der Waals surface area contributed by atoms with Gasteiger partial charge in [0.15, 0.2) is 0 Å². The lowest BCUT2D eigenvalue weighted by Gasteiger charge is -2.23. The number of urea groups is 1. The van der Waals surface area contributed by atoms with Crippen molar-refractivity contribution in [3.8, 4) is 0 Å². The molecule has 128 valence electrons. The maximum absolute atomic E-state index is 12.7. The minimum absolute atomic E-state index is 0.0565. The monoisotopic (exact) mass is 327 g/mol. The molecular weight excluding hydrogens is 302 g/mol. The van der Waals surface area contributed by atoms with Crippen molar-refractivity contribution in [2.24, 2.45) is 0 Å². The molecular formula is C19H25N3O2. The lowest BCUT2D eigenvalue weighted by atomic mass is 9.98. The molecule has 2 saturated heterocycles. The van der Waals surface area contributed by atoms with Crippen LogP contribution in [0.1, 0.15) is 43.4 Å². The zero-order valence-electron chi connectivity index (χ0n) is 14.5. The molecule has 24 heavy (non-hydrogen) atoms. The maximum Gasteiger partial charge on any atom is 0.325 e. The van der Waals surface area contributed by atoms with Crippen LogP contribution >= 0.6 is 0 Å². The molecule has 3 amide bonds. The average molecular weight is 327 g/mol. The zero-order valence-corrected chi connectivity index (χ0v) is 14.5. The minimum Gasteiger partial charge on any atom is -0.322 e. The topological polar surface area (TPSA) is 52.7 Å². The molecule has 2 aliphatic heterocycles. The molecule has 1 aromatic rings. The van der Waals surface area contributed by atoms with E-state index in [0.29, 0.717) is 13.0 Å². The first-order valence-corrected chi connectivity index (χ1v) is 8.97. The molecule has 5 heteroatoms. The van der Waals surface area contributed by atoms with Crippen LogP contribution in [0.5, 0.6) is 0 Å². The van der Waals surface area contributed by atoms with Gasteiger partial charge in [0.05, 0.1) is 0 Å². The molecule has 1 N–H and O–H groups in total. The maximum atomic E-state index is 12.7. The summed E-state index contributed by atoms with van der Waals surface area (Å²) in [5, 5.41) is 2.96. The van der Waals surface area contributed by atoms with Gasteiger partial charge in [0.25, 0.3) is 5.91 Å². The molecule has 0 bridgehead atoms. The third-order valence-electron chi connectivity index (χ3n) is 5.63. The number of imide groups is 1. The molecule has 1 aliphatic carbocycles. The highest BCUT2D eigenvalue weighted by atomic mass is 16.2. The SMILES string of the molecule is CC(C)N1C(=O)NC2(CCN(Cc3ccc4c(c3)CCC4)C2)C1=O. The number of benzene rings is 1. The molecule has 1 unspecified atom stereocenters. The van der Waals surface area contributed by atoms with Crippen LogP contribution < -0.4 is 5.32 Å². The molecule has 2 fully saturated rings. The molecule has 0 saturated carbocycles. The van der Waals surface area contributed by atoms with Gasteiger partial charge in [0, 0.05) is 25.7 Å². The molecule has 0 aromatic heterocycles. The summed E-state index contributed by atoms with van der Waals surface area (Å²) >= 11 is 0. The Labute approximate surface area is 143 Å². The summed E-state index contributed by atoms with van der Waals surface area (Å²) in [6, 6.07) is 6.46. The van der Waals surface area contributed by atoms with Crippen molar-refractivity contribution >= 4 is 11.9 Å². The highest BCUT2D eigenvalue weighted by Gasteiger charge is 2.55. The fourth-order valence-electron chi connectivity index (χ4n) is 4.39. The van der Waals surface area contributed by atoms with Crippen LogP contribution in [0.2, 0.25) is 0 Å². The Hall–Kier alpha value is -1.88. The predicted molar refractivity (Wildman–Crippen MR) is 91.6 cm³/mol. The predicted octanol–water partition coefficient (Wildman–Crippen LogP) is 2.08. The van der Waals surface area contributed by atoms with E-state index in [2.05, 4.69) is 28.4 Å². The first-order valence-electron chi connectivity index (χ1n) is 8.97. The Morgan fingerprint density at radius 3 is 2.75 bits per heavy atom. The highest BCUT2D eigenvalue weighted by Crippen LogP contribution is 2.31. The number of carbonyl (C=O) groups is 2. The molecule has 1 spiro atoms. The first-order chi connectivity index (χ1) is 11.5. The smallest absolute Gasteiger partial charge is 0.322 e. The molecule has 1 aromatic carbocycles. The van der Waals surface area contributed by atoms with Gasteiger partial charge < -0.3 is 5.32 Å². The average Bonchev–Trinajstić information content (AvgIpc) is 3.19. The fourth-order valence-corrected chi connectivity index (χ4v) is 4.39. The van der Waals surface area contributed by atoms with Crippen molar-refractivity contribution in [2.45, 2.75) is 57.7 Å². The summed E-state index contributed by atoms with van der Waals surface area (Å²) in [6.07, 6.45) is 4.35. The minimum atomic E-state index is -0.710. The largest absolute Gasteiger partial charge is 0.325 e. The van der Waals surface area contributed by atoms with Crippen LogP contribution in [0, 0.1) is 0 Å². The molecule has 0 radical (unpaired) electrons. The molecule has 2 heterocycles. The van der Waals surface area contributed by atoms with Crippen molar-refractivity contribution in [3.05, 3.63) is 34.9 Å². The van der Waals surface area contributed by atoms with Crippen molar-refractivity contribution in [3.63, 3.8) is 0 Å². The second-order valence-corrected chi connectivity index (χ2v) is 7.70. The van der Waals surface area contributed by atoms with Gasteiger partial charge in [-0.15, -0.1) is 0 Å². The normalized spacial score (nSPS) is 26.7. The third kappa shape index (κ3) is 2.42. The van der Waals surface area contributed by atoms with Crippen molar-refractivity contribution in [1.82, 2.24) is 15.1 Å². The van der Waals surface area contributed by atoms with Crippen LogP contribution in [0.15, 0.2) is 18.2 Å². The number of carbonyl (C=O) groups excluding carboxylic acids is 2. The number of nitrogens with one attached hydrogen (secondary N) is 1. The van der Waals surface area contributed by atoms with Crippen LogP contribution in [0.4, 0.5) is 4.79 Å². The van der Waals surface area contributed by atoms with Crippen molar-refractivity contribution in [1.29, 1.82) is 0 Å². The van der Waals surface area contributed by atoms with E-state index in [-0.39, 0.29) is 18.0 Å². The lowest BCUT2D eigenvalue weighted by molar-refractivity contribution is -0.132. The van der Waals surface area contributed by atoms with Crippen LogP contribution in [-0.4, -0.2) is 46.4 Å². The number of amides is 3. The molecule has 4 rings (SSSR count). The van der Waals surface area contributed by atoms with E-state index in [4.69, 9.17) is 0 Å². The van der Waals surface area contributed by atoms with Crippen LogP contribution in [0.25, 0.3) is 0 Å². The summed E-state index contributed by atoms with van der Waals surface area (Å²) in [4.78, 5) is 28.6. The van der Waals surface area contributed by atoms with E-state index in [9.17, 15) is 9.59 Å². The van der Waals surface area contributed by atoms with Crippen molar-refractivity contribution in [2.75, 3.05) is 13.1 Å². The Balaban J connectivity index is 1.47. The number of nitrogens with zero attached hydrogens (tertiary/aromatic N) is 2. The van der Waals surface area contributed by atoms with E-state index in [0.717, 1.165) is 13.1 Å². The van der Waals surface area contributed by atoms with Gasteiger partial charge >= 0.3 is 6.03 Å². The highest BCUT2D eigenvalue weighted by molar-refractivity contribution is 6.07. The van der Waals surface area contributed by atoms with Gasteiger partial charge in [-0.25, -0.2) is 4.79 Å². The summed E-state index contributed by atoms with van der Waals surface area (Å²) in [5.74, 6) is -0.0565. The Morgan fingerprint density at radius 2 is 2.00 bits per heavy atom. The molecule has 1 atom stereocenters. The zero-order chi connectivity index (χ0) is 16.9. The Kier molecular flexibility index (Phi) is 3.64. The van der Waals surface area contributed by atoms with Gasteiger partial charge in [-0.1, -0.05) is 18.2 Å². The second-order valence-electron chi connectivity index (χ2n) is 7.70. The molecule has 5 nitrogen and oxygen atoms in total. The quantitative estimate of drug-likeness (QED) is 0.865. The number of hydrogen-bond acceptors (Lipinski definition) is 3. The third-order valence-corrected chi connectivity index (χ3v) is 5.63. The number of aryl methyl sites for hydroxylation is 2. The summed E-state index contributed by atoms with van der Waals surface area (Å²) < 4.78 is 0. The van der Waals surface area contributed by atoms with Crippen molar-refractivity contribution < 1.29 is 9.59 Å². The van der Waals surface area contributed by atoms with Gasteiger partial charge in [0.2, 0.25) is 0 Å². The van der Waals surface area contributed by atoms with E-state index in [1.165, 1.54) is 40.9 Å². The lowest BCUT2D eigenvalue weighted by Crippen LogP contribution is -2.49. The van der Waals surface area contributed by atoms with Gasteiger partial charge in [0.1, 0.15) is 5.54 Å². The summed E-state index contributed by atoms with van der Waals surface area (Å²) in [7, 11) is 0. The summed E-state index contributed by atoms with van der Waals surface area (Å²) in [5.41, 5.74) is 3.57. The van der Waals surface area contributed by atoms with E-state index >= 15 is 0 Å². The van der Waals surface area contributed by atoms with Gasteiger partial charge in [-0.2, -0.15) is 0 Å².